The first-order valence-corrected chi connectivity index (χ1v) is 5.63. The summed E-state index contributed by atoms with van der Waals surface area (Å²) in [6.45, 7) is 2.60. The SMILES string of the molecule is Cc1cc([N+](=O)[O-])ccc1NCCc1cnc[nH]1. The maximum absolute atomic E-state index is 10.6. The van der Waals surface area contributed by atoms with Crippen molar-refractivity contribution in [2.24, 2.45) is 0 Å². The molecule has 0 atom stereocenters. The third-order valence-corrected chi connectivity index (χ3v) is 2.69. The van der Waals surface area contributed by atoms with Gasteiger partial charge in [-0.05, 0) is 18.6 Å². The summed E-state index contributed by atoms with van der Waals surface area (Å²) in [7, 11) is 0. The highest BCUT2D eigenvalue weighted by Crippen LogP contribution is 2.20. The van der Waals surface area contributed by atoms with Crippen molar-refractivity contribution >= 4 is 11.4 Å². The molecule has 1 heterocycles. The molecule has 0 aliphatic carbocycles. The van der Waals surface area contributed by atoms with Crippen molar-refractivity contribution < 1.29 is 4.92 Å². The van der Waals surface area contributed by atoms with Gasteiger partial charge < -0.3 is 10.3 Å². The van der Waals surface area contributed by atoms with E-state index in [1.807, 2.05) is 6.92 Å². The van der Waals surface area contributed by atoms with Gasteiger partial charge in [-0.2, -0.15) is 0 Å². The fraction of sp³-hybridized carbons (Fsp3) is 0.250. The van der Waals surface area contributed by atoms with Crippen molar-refractivity contribution in [3.8, 4) is 0 Å². The molecular weight excluding hydrogens is 232 g/mol. The average Bonchev–Trinajstić information content (AvgIpc) is 2.84. The number of hydrogen-bond donors (Lipinski definition) is 2. The predicted molar refractivity (Wildman–Crippen MR) is 68.6 cm³/mol. The van der Waals surface area contributed by atoms with Gasteiger partial charge in [0, 0.05) is 42.7 Å². The van der Waals surface area contributed by atoms with Gasteiger partial charge in [0.1, 0.15) is 0 Å². The van der Waals surface area contributed by atoms with Gasteiger partial charge in [-0.1, -0.05) is 0 Å². The molecule has 0 saturated carbocycles. The summed E-state index contributed by atoms with van der Waals surface area (Å²) in [5.74, 6) is 0. The molecule has 2 rings (SSSR count). The lowest BCUT2D eigenvalue weighted by Crippen LogP contribution is -2.06. The van der Waals surface area contributed by atoms with Crippen LogP contribution in [0.15, 0.2) is 30.7 Å². The zero-order chi connectivity index (χ0) is 13.0. The Balaban J connectivity index is 1.95. The topological polar surface area (TPSA) is 83.8 Å². The number of nitrogens with zero attached hydrogens (tertiary/aromatic N) is 2. The second-order valence-corrected chi connectivity index (χ2v) is 4.01. The number of benzene rings is 1. The van der Waals surface area contributed by atoms with Crippen molar-refractivity contribution in [2.75, 3.05) is 11.9 Å². The van der Waals surface area contributed by atoms with Crippen LogP contribution in [0.1, 0.15) is 11.3 Å². The van der Waals surface area contributed by atoms with Crippen LogP contribution < -0.4 is 5.32 Å². The van der Waals surface area contributed by atoms with Crippen LogP contribution in [0.3, 0.4) is 0 Å². The van der Waals surface area contributed by atoms with Gasteiger partial charge in [0.2, 0.25) is 0 Å². The molecule has 0 aliphatic rings. The Morgan fingerprint density at radius 2 is 2.33 bits per heavy atom. The molecule has 18 heavy (non-hydrogen) atoms. The third-order valence-electron chi connectivity index (χ3n) is 2.69. The molecule has 1 aromatic heterocycles. The molecule has 0 spiro atoms. The number of aryl methyl sites for hydroxylation is 1. The van der Waals surface area contributed by atoms with Gasteiger partial charge in [-0.3, -0.25) is 10.1 Å². The highest BCUT2D eigenvalue weighted by atomic mass is 16.6. The van der Waals surface area contributed by atoms with E-state index in [9.17, 15) is 10.1 Å². The summed E-state index contributed by atoms with van der Waals surface area (Å²) in [4.78, 5) is 17.2. The van der Waals surface area contributed by atoms with Crippen LogP contribution in [0.25, 0.3) is 0 Å². The van der Waals surface area contributed by atoms with E-state index in [1.54, 1.807) is 24.7 Å². The normalized spacial score (nSPS) is 10.3. The minimum atomic E-state index is -0.388. The van der Waals surface area contributed by atoms with Crippen LogP contribution in [-0.2, 0) is 6.42 Å². The third kappa shape index (κ3) is 2.85. The number of imidazole rings is 1. The molecule has 2 aromatic rings. The van der Waals surface area contributed by atoms with Crippen LogP contribution >= 0.6 is 0 Å². The summed E-state index contributed by atoms with van der Waals surface area (Å²) in [5, 5.41) is 13.9. The van der Waals surface area contributed by atoms with Crippen LogP contribution in [0.2, 0.25) is 0 Å². The van der Waals surface area contributed by atoms with E-state index >= 15 is 0 Å². The number of rotatable bonds is 5. The smallest absolute Gasteiger partial charge is 0.269 e. The number of non-ortho nitro benzene ring substituents is 1. The minimum absolute atomic E-state index is 0.117. The highest BCUT2D eigenvalue weighted by Gasteiger charge is 2.07. The molecule has 0 bridgehead atoms. The van der Waals surface area contributed by atoms with E-state index in [0.717, 1.165) is 29.9 Å². The number of nitro benzene ring substituents is 1. The van der Waals surface area contributed by atoms with Gasteiger partial charge >= 0.3 is 0 Å². The van der Waals surface area contributed by atoms with Crippen molar-refractivity contribution in [3.63, 3.8) is 0 Å². The molecule has 0 radical (unpaired) electrons. The fourth-order valence-corrected chi connectivity index (χ4v) is 1.71. The predicted octanol–water partition coefficient (Wildman–Crippen LogP) is 2.28. The number of nitro groups is 1. The first kappa shape index (κ1) is 12.1. The lowest BCUT2D eigenvalue weighted by Gasteiger charge is -2.08. The van der Waals surface area contributed by atoms with Gasteiger partial charge in [-0.15, -0.1) is 0 Å². The van der Waals surface area contributed by atoms with Crippen molar-refractivity contribution in [3.05, 3.63) is 52.1 Å². The summed E-state index contributed by atoms with van der Waals surface area (Å²) < 4.78 is 0. The zero-order valence-corrected chi connectivity index (χ0v) is 10.0. The molecular formula is C12H14N4O2. The second kappa shape index (κ2) is 5.31. The Morgan fingerprint density at radius 1 is 1.50 bits per heavy atom. The zero-order valence-electron chi connectivity index (χ0n) is 10.0. The summed E-state index contributed by atoms with van der Waals surface area (Å²) >= 11 is 0. The van der Waals surface area contributed by atoms with Crippen molar-refractivity contribution in [2.45, 2.75) is 13.3 Å². The Hall–Kier alpha value is -2.37. The van der Waals surface area contributed by atoms with Gasteiger partial charge in [0.25, 0.3) is 5.69 Å². The standard InChI is InChI=1S/C12H14N4O2/c1-9-6-11(16(17)18)2-3-12(9)14-5-4-10-7-13-8-15-10/h2-3,6-8,14H,4-5H2,1H3,(H,13,15). The maximum Gasteiger partial charge on any atom is 0.269 e. The first-order valence-electron chi connectivity index (χ1n) is 5.63. The Labute approximate surface area is 104 Å². The molecule has 2 N–H and O–H groups in total. The molecule has 0 fully saturated rings. The number of nitrogens with one attached hydrogen (secondary N) is 2. The quantitative estimate of drug-likeness (QED) is 0.626. The Morgan fingerprint density at radius 3 is 2.94 bits per heavy atom. The summed E-state index contributed by atoms with van der Waals surface area (Å²) in [5.41, 5.74) is 2.96. The molecule has 94 valence electrons. The Bertz CT molecular complexity index is 537. The number of hydrogen-bond acceptors (Lipinski definition) is 4. The molecule has 6 nitrogen and oxygen atoms in total. The molecule has 0 saturated heterocycles. The van der Waals surface area contributed by atoms with Gasteiger partial charge in [0.15, 0.2) is 0 Å². The number of aromatic amines is 1. The molecule has 6 heteroatoms. The minimum Gasteiger partial charge on any atom is -0.384 e. The molecule has 1 aromatic carbocycles. The second-order valence-electron chi connectivity index (χ2n) is 4.01. The monoisotopic (exact) mass is 246 g/mol. The number of aromatic nitrogens is 2. The van der Waals surface area contributed by atoms with Crippen molar-refractivity contribution in [1.82, 2.24) is 9.97 Å². The highest BCUT2D eigenvalue weighted by molar-refractivity contribution is 5.55. The van der Waals surface area contributed by atoms with Crippen molar-refractivity contribution in [1.29, 1.82) is 0 Å². The van der Waals surface area contributed by atoms with Crippen LogP contribution in [0.4, 0.5) is 11.4 Å². The average molecular weight is 246 g/mol. The Kier molecular flexibility index (Phi) is 3.57. The number of anilines is 1. The molecule has 0 unspecified atom stereocenters. The first-order chi connectivity index (χ1) is 8.66. The van der Waals surface area contributed by atoms with Crippen LogP contribution in [0.5, 0.6) is 0 Å². The van der Waals surface area contributed by atoms with Gasteiger partial charge in [0.05, 0.1) is 11.3 Å². The van der Waals surface area contributed by atoms with E-state index in [4.69, 9.17) is 0 Å². The number of H-pyrrole nitrogens is 1. The maximum atomic E-state index is 10.6. The largest absolute Gasteiger partial charge is 0.384 e. The van der Waals surface area contributed by atoms with Crippen LogP contribution in [0, 0.1) is 17.0 Å². The van der Waals surface area contributed by atoms with E-state index in [-0.39, 0.29) is 10.6 Å². The molecule has 0 amide bonds. The van der Waals surface area contributed by atoms with E-state index in [0.29, 0.717) is 0 Å². The van der Waals surface area contributed by atoms with Crippen LogP contribution in [-0.4, -0.2) is 21.4 Å². The van der Waals surface area contributed by atoms with E-state index in [2.05, 4.69) is 15.3 Å². The lowest BCUT2D eigenvalue weighted by atomic mass is 10.1. The fourth-order valence-electron chi connectivity index (χ4n) is 1.71. The molecule has 0 aliphatic heterocycles. The van der Waals surface area contributed by atoms with Gasteiger partial charge in [-0.25, -0.2) is 4.98 Å². The van der Waals surface area contributed by atoms with E-state index in [1.165, 1.54) is 6.07 Å². The lowest BCUT2D eigenvalue weighted by molar-refractivity contribution is -0.384. The summed E-state index contributed by atoms with van der Waals surface area (Å²) in [6, 6.07) is 4.81. The summed E-state index contributed by atoms with van der Waals surface area (Å²) in [6.07, 6.45) is 4.26. The van der Waals surface area contributed by atoms with E-state index < -0.39 is 0 Å².